The SMILES string of the molecule is COC(=O)c1cc(CN)c(C(F)F)nc1Cl. The van der Waals surface area contributed by atoms with Crippen molar-refractivity contribution in [3.05, 3.63) is 28.0 Å². The molecule has 0 aliphatic carbocycles. The van der Waals surface area contributed by atoms with Crippen molar-refractivity contribution in [3.8, 4) is 0 Å². The van der Waals surface area contributed by atoms with Crippen LogP contribution in [0.1, 0.15) is 28.0 Å². The molecule has 1 heterocycles. The molecule has 0 saturated carbocycles. The van der Waals surface area contributed by atoms with Crippen molar-refractivity contribution < 1.29 is 18.3 Å². The quantitative estimate of drug-likeness (QED) is 0.657. The number of alkyl halides is 2. The molecule has 2 N–H and O–H groups in total. The van der Waals surface area contributed by atoms with Crippen LogP contribution in [0.25, 0.3) is 0 Å². The minimum Gasteiger partial charge on any atom is -0.465 e. The molecule has 7 heteroatoms. The van der Waals surface area contributed by atoms with Crippen molar-refractivity contribution >= 4 is 17.6 Å². The largest absolute Gasteiger partial charge is 0.465 e. The molecule has 88 valence electrons. The van der Waals surface area contributed by atoms with E-state index in [0.29, 0.717) is 0 Å². The van der Waals surface area contributed by atoms with E-state index < -0.39 is 18.1 Å². The molecule has 4 nitrogen and oxygen atoms in total. The number of nitrogens with zero attached hydrogens (tertiary/aromatic N) is 1. The Morgan fingerprint density at radius 3 is 2.75 bits per heavy atom. The summed E-state index contributed by atoms with van der Waals surface area (Å²) < 4.78 is 29.5. The predicted molar refractivity (Wildman–Crippen MR) is 53.4 cm³/mol. The van der Waals surface area contributed by atoms with Crippen LogP contribution in [0.3, 0.4) is 0 Å². The molecule has 1 aromatic rings. The average Bonchev–Trinajstić information content (AvgIpc) is 2.27. The minimum absolute atomic E-state index is 0.0693. The number of rotatable bonds is 3. The lowest BCUT2D eigenvalue weighted by molar-refractivity contribution is 0.0599. The zero-order valence-electron chi connectivity index (χ0n) is 8.34. The van der Waals surface area contributed by atoms with E-state index >= 15 is 0 Å². The van der Waals surface area contributed by atoms with E-state index in [4.69, 9.17) is 17.3 Å². The molecule has 0 unspecified atom stereocenters. The van der Waals surface area contributed by atoms with Gasteiger partial charge in [-0.05, 0) is 11.6 Å². The lowest BCUT2D eigenvalue weighted by Gasteiger charge is -2.09. The van der Waals surface area contributed by atoms with Gasteiger partial charge in [-0.2, -0.15) is 0 Å². The van der Waals surface area contributed by atoms with Crippen LogP contribution in [0.2, 0.25) is 5.15 Å². The average molecular weight is 251 g/mol. The Bertz CT molecular complexity index is 413. The summed E-state index contributed by atoms with van der Waals surface area (Å²) in [4.78, 5) is 14.7. The van der Waals surface area contributed by atoms with Gasteiger partial charge in [0.05, 0.1) is 12.7 Å². The highest BCUT2D eigenvalue weighted by atomic mass is 35.5. The number of pyridine rings is 1. The van der Waals surface area contributed by atoms with E-state index in [1.54, 1.807) is 0 Å². The fourth-order valence-corrected chi connectivity index (χ4v) is 1.37. The van der Waals surface area contributed by atoms with E-state index in [2.05, 4.69) is 9.72 Å². The number of esters is 1. The maximum Gasteiger partial charge on any atom is 0.341 e. The molecule has 1 aromatic heterocycles. The topological polar surface area (TPSA) is 65.2 Å². The molecular weight excluding hydrogens is 242 g/mol. The summed E-state index contributed by atoms with van der Waals surface area (Å²) in [6.45, 7) is -0.159. The van der Waals surface area contributed by atoms with Gasteiger partial charge in [-0.25, -0.2) is 18.6 Å². The summed E-state index contributed by atoms with van der Waals surface area (Å²) >= 11 is 5.59. The molecule has 0 spiro atoms. The van der Waals surface area contributed by atoms with Gasteiger partial charge in [-0.15, -0.1) is 0 Å². The summed E-state index contributed by atoms with van der Waals surface area (Å²) in [7, 11) is 1.15. The molecule has 0 aliphatic rings. The fraction of sp³-hybridized carbons (Fsp3) is 0.333. The van der Waals surface area contributed by atoms with Gasteiger partial charge in [-0.3, -0.25) is 0 Å². The summed E-state index contributed by atoms with van der Waals surface area (Å²) in [5.41, 5.74) is 4.76. The Kier molecular flexibility index (Phi) is 4.14. The molecule has 0 atom stereocenters. The summed E-state index contributed by atoms with van der Waals surface area (Å²) in [6, 6.07) is 1.17. The van der Waals surface area contributed by atoms with Crippen LogP contribution in [-0.4, -0.2) is 18.1 Å². The smallest absolute Gasteiger partial charge is 0.341 e. The molecule has 16 heavy (non-hydrogen) atoms. The van der Waals surface area contributed by atoms with E-state index in [1.807, 2.05) is 0 Å². The van der Waals surface area contributed by atoms with Gasteiger partial charge < -0.3 is 10.5 Å². The van der Waals surface area contributed by atoms with Crippen molar-refractivity contribution in [2.24, 2.45) is 5.73 Å². The molecule has 0 amide bonds. The highest BCUT2D eigenvalue weighted by Gasteiger charge is 2.20. The number of hydrogen-bond acceptors (Lipinski definition) is 4. The van der Waals surface area contributed by atoms with Gasteiger partial charge in [0.25, 0.3) is 6.43 Å². The molecule has 0 saturated heterocycles. The Balaban J connectivity index is 3.31. The molecule has 1 rings (SSSR count). The third-order valence-corrected chi connectivity index (χ3v) is 2.21. The highest BCUT2D eigenvalue weighted by Crippen LogP contribution is 2.25. The van der Waals surface area contributed by atoms with Gasteiger partial charge in [-0.1, -0.05) is 11.6 Å². The van der Waals surface area contributed by atoms with Crippen LogP contribution in [-0.2, 0) is 11.3 Å². The minimum atomic E-state index is -2.79. The second-order valence-electron chi connectivity index (χ2n) is 2.87. The molecule has 0 aliphatic heterocycles. The normalized spacial score (nSPS) is 10.6. The molecular formula is C9H9ClF2N2O2. The van der Waals surface area contributed by atoms with Crippen LogP contribution in [0.5, 0.6) is 0 Å². The van der Waals surface area contributed by atoms with Gasteiger partial charge in [0, 0.05) is 6.54 Å². The van der Waals surface area contributed by atoms with Crippen molar-refractivity contribution in [2.45, 2.75) is 13.0 Å². The van der Waals surface area contributed by atoms with Crippen LogP contribution in [0.15, 0.2) is 6.07 Å². The van der Waals surface area contributed by atoms with Crippen molar-refractivity contribution in [2.75, 3.05) is 7.11 Å². The number of aromatic nitrogens is 1. The second-order valence-corrected chi connectivity index (χ2v) is 3.23. The molecule has 0 radical (unpaired) electrons. The summed E-state index contributed by atoms with van der Waals surface area (Å²) in [6.07, 6.45) is -2.79. The number of carbonyl (C=O) groups is 1. The maximum atomic E-state index is 12.5. The van der Waals surface area contributed by atoms with E-state index in [9.17, 15) is 13.6 Å². The Morgan fingerprint density at radius 1 is 1.69 bits per heavy atom. The Morgan fingerprint density at radius 2 is 2.31 bits per heavy atom. The zero-order chi connectivity index (χ0) is 12.3. The summed E-state index contributed by atoms with van der Waals surface area (Å²) in [5.74, 6) is -0.743. The van der Waals surface area contributed by atoms with Gasteiger partial charge in [0.1, 0.15) is 10.8 Å². The number of methoxy groups -OCH3 is 1. The third kappa shape index (κ3) is 2.45. The van der Waals surface area contributed by atoms with Crippen molar-refractivity contribution in [3.63, 3.8) is 0 Å². The molecule has 0 fully saturated rings. The summed E-state index contributed by atoms with van der Waals surface area (Å²) in [5, 5.41) is -0.320. The first-order valence-electron chi connectivity index (χ1n) is 4.27. The number of hydrogen-bond donors (Lipinski definition) is 1. The Hall–Kier alpha value is -1.27. The zero-order valence-corrected chi connectivity index (χ0v) is 9.09. The fourth-order valence-electron chi connectivity index (χ4n) is 1.15. The molecule has 0 aromatic carbocycles. The van der Waals surface area contributed by atoms with Crippen molar-refractivity contribution in [1.29, 1.82) is 0 Å². The van der Waals surface area contributed by atoms with Crippen LogP contribution in [0, 0.1) is 0 Å². The van der Waals surface area contributed by atoms with E-state index in [-0.39, 0.29) is 22.8 Å². The second kappa shape index (κ2) is 5.18. The first-order chi connectivity index (χ1) is 7.51. The Labute approximate surface area is 95.4 Å². The van der Waals surface area contributed by atoms with Gasteiger partial charge >= 0.3 is 5.97 Å². The number of nitrogens with two attached hydrogens (primary N) is 1. The number of ether oxygens (including phenoxy) is 1. The number of carbonyl (C=O) groups excluding carboxylic acids is 1. The maximum absolute atomic E-state index is 12.5. The lowest BCUT2D eigenvalue weighted by Crippen LogP contribution is -2.10. The molecule has 0 bridgehead atoms. The van der Waals surface area contributed by atoms with E-state index in [1.165, 1.54) is 6.07 Å². The van der Waals surface area contributed by atoms with Gasteiger partial charge in [0.15, 0.2) is 0 Å². The third-order valence-electron chi connectivity index (χ3n) is 1.92. The van der Waals surface area contributed by atoms with Crippen LogP contribution < -0.4 is 5.73 Å². The number of halogens is 3. The standard InChI is InChI=1S/C9H9ClF2N2O2/c1-16-9(15)5-2-4(3-13)6(8(11)12)14-7(5)10/h2,8H,3,13H2,1H3. The predicted octanol–water partition coefficient (Wildman–Crippen LogP) is 1.92. The highest BCUT2D eigenvalue weighted by molar-refractivity contribution is 6.32. The lowest BCUT2D eigenvalue weighted by atomic mass is 10.1. The monoisotopic (exact) mass is 250 g/mol. The first-order valence-corrected chi connectivity index (χ1v) is 4.64. The van der Waals surface area contributed by atoms with Crippen LogP contribution >= 0.6 is 11.6 Å². The van der Waals surface area contributed by atoms with Crippen LogP contribution in [0.4, 0.5) is 8.78 Å². The first kappa shape index (κ1) is 12.8. The van der Waals surface area contributed by atoms with Crippen molar-refractivity contribution in [1.82, 2.24) is 4.98 Å². The van der Waals surface area contributed by atoms with Gasteiger partial charge in [0.2, 0.25) is 0 Å². The van der Waals surface area contributed by atoms with E-state index in [0.717, 1.165) is 7.11 Å².